The van der Waals surface area contributed by atoms with Crippen LogP contribution in [0.4, 0.5) is 0 Å². The van der Waals surface area contributed by atoms with Crippen LogP contribution in [0.5, 0.6) is 0 Å². The molecule has 0 radical (unpaired) electrons. The molecule has 1 unspecified atom stereocenters. The van der Waals surface area contributed by atoms with E-state index >= 15 is 0 Å². The van der Waals surface area contributed by atoms with E-state index in [1.54, 1.807) is 6.20 Å². The molecule has 0 spiro atoms. The number of aromatic nitrogens is 2. The van der Waals surface area contributed by atoms with Gasteiger partial charge in [0.15, 0.2) is 11.0 Å². The first kappa shape index (κ1) is 9.91. The maximum Gasteiger partial charge on any atom is 0.168 e. The van der Waals surface area contributed by atoms with E-state index in [-0.39, 0.29) is 11.1 Å². The Morgan fingerprint density at radius 2 is 2.54 bits per heavy atom. The Bertz CT molecular complexity index is 309. The number of hydrogen-bond acceptors (Lipinski definition) is 4. The molecule has 0 aliphatic rings. The van der Waals surface area contributed by atoms with Crippen LogP contribution in [0.2, 0.25) is 0 Å². The molecule has 6 heteroatoms. The third kappa shape index (κ3) is 2.38. The fraction of sp³-hybridized carbons (Fsp3) is 0.429. The zero-order valence-electron chi connectivity index (χ0n) is 7.51. The van der Waals surface area contributed by atoms with Gasteiger partial charge < -0.3 is 15.5 Å². The molecule has 0 aliphatic carbocycles. The van der Waals surface area contributed by atoms with E-state index in [4.69, 9.17) is 10.9 Å². The van der Waals surface area contributed by atoms with E-state index in [0.29, 0.717) is 0 Å². The molecular formula is C7H12N4OS. The van der Waals surface area contributed by atoms with Gasteiger partial charge in [-0.1, -0.05) is 16.9 Å². The lowest BCUT2D eigenvalue weighted by Gasteiger charge is -2.07. The number of nitrogens with two attached hydrogens (primary N) is 1. The van der Waals surface area contributed by atoms with Gasteiger partial charge in [-0.3, -0.25) is 0 Å². The molecular weight excluding hydrogens is 188 g/mol. The van der Waals surface area contributed by atoms with Gasteiger partial charge in [-0.05, 0) is 6.92 Å². The standard InChI is InChI=1S/C7H12N4OS/c1-5(6(8)10-12)13-7-9-3-4-11(7)2/h3-5,12H,1-2H3,(H2,8,10). The largest absolute Gasteiger partial charge is 0.409 e. The lowest BCUT2D eigenvalue weighted by atomic mass is 10.4. The van der Waals surface area contributed by atoms with Gasteiger partial charge in [-0.15, -0.1) is 0 Å². The van der Waals surface area contributed by atoms with Gasteiger partial charge in [0.2, 0.25) is 0 Å². The van der Waals surface area contributed by atoms with Crippen molar-refractivity contribution in [2.45, 2.75) is 17.3 Å². The average Bonchev–Trinajstić information content (AvgIpc) is 2.50. The quantitative estimate of drug-likeness (QED) is 0.247. The minimum absolute atomic E-state index is 0.0777. The lowest BCUT2D eigenvalue weighted by Crippen LogP contribution is -2.23. The molecule has 72 valence electrons. The van der Waals surface area contributed by atoms with Crippen LogP contribution in [0.15, 0.2) is 22.7 Å². The molecule has 13 heavy (non-hydrogen) atoms. The van der Waals surface area contributed by atoms with Crippen molar-refractivity contribution in [2.75, 3.05) is 0 Å². The Morgan fingerprint density at radius 3 is 3.00 bits per heavy atom. The maximum atomic E-state index is 8.43. The third-order valence-electron chi connectivity index (χ3n) is 1.59. The molecule has 0 aliphatic heterocycles. The summed E-state index contributed by atoms with van der Waals surface area (Å²) in [5.74, 6) is 0.202. The van der Waals surface area contributed by atoms with Gasteiger partial charge in [0, 0.05) is 19.4 Å². The summed E-state index contributed by atoms with van der Waals surface area (Å²) in [5, 5.41) is 12.1. The Morgan fingerprint density at radius 1 is 1.85 bits per heavy atom. The number of thioether (sulfide) groups is 1. The minimum atomic E-state index is -0.0777. The smallest absolute Gasteiger partial charge is 0.168 e. The van der Waals surface area contributed by atoms with Crippen LogP contribution >= 0.6 is 11.8 Å². The Kier molecular flexibility index (Phi) is 3.18. The van der Waals surface area contributed by atoms with Crippen molar-refractivity contribution in [2.24, 2.45) is 17.9 Å². The van der Waals surface area contributed by atoms with Crippen molar-refractivity contribution in [3.05, 3.63) is 12.4 Å². The van der Waals surface area contributed by atoms with Crippen LogP contribution in [0.25, 0.3) is 0 Å². The summed E-state index contributed by atoms with van der Waals surface area (Å²) < 4.78 is 1.88. The predicted molar refractivity (Wildman–Crippen MR) is 51.9 cm³/mol. The first-order valence-electron chi connectivity index (χ1n) is 3.76. The molecule has 0 bridgehead atoms. The molecule has 1 aromatic heterocycles. The predicted octanol–water partition coefficient (Wildman–Crippen LogP) is 0.647. The summed E-state index contributed by atoms with van der Waals surface area (Å²) in [6.07, 6.45) is 3.56. The van der Waals surface area contributed by atoms with Crippen LogP contribution in [-0.4, -0.2) is 25.8 Å². The van der Waals surface area contributed by atoms with Crippen molar-refractivity contribution >= 4 is 17.6 Å². The summed E-state index contributed by atoms with van der Waals surface area (Å²) in [6, 6.07) is 0. The van der Waals surface area contributed by atoms with Gasteiger partial charge in [-0.2, -0.15) is 0 Å². The monoisotopic (exact) mass is 200 g/mol. The molecule has 0 fully saturated rings. The number of oxime groups is 1. The average molecular weight is 200 g/mol. The second-order valence-corrected chi connectivity index (χ2v) is 3.91. The number of nitrogens with zero attached hydrogens (tertiary/aromatic N) is 3. The fourth-order valence-corrected chi connectivity index (χ4v) is 1.60. The fourth-order valence-electron chi connectivity index (χ4n) is 0.765. The topological polar surface area (TPSA) is 76.4 Å². The van der Waals surface area contributed by atoms with Crippen molar-refractivity contribution in [1.29, 1.82) is 0 Å². The van der Waals surface area contributed by atoms with E-state index in [2.05, 4.69) is 10.1 Å². The first-order valence-corrected chi connectivity index (χ1v) is 4.64. The van der Waals surface area contributed by atoms with Crippen LogP contribution in [0, 0.1) is 0 Å². The van der Waals surface area contributed by atoms with Gasteiger partial charge in [0.05, 0.1) is 5.25 Å². The minimum Gasteiger partial charge on any atom is -0.409 e. The van der Waals surface area contributed by atoms with E-state index in [1.165, 1.54) is 11.8 Å². The highest BCUT2D eigenvalue weighted by Gasteiger charge is 2.11. The van der Waals surface area contributed by atoms with Crippen molar-refractivity contribution in [3.8, 4) is 0 Å². The highest BCUT2D eigenvalue weighted by atomic mass is 32.2. The summed E-state index contributed by atoms with van der Waals surface area (Å²) in [6.45, 7) is 1.86. The van der Waals surface area contributed by atoms with Gasteiger partial charge >= 0.3 is 0 Å². The number of rotatable bonds is 3. The van der Waals surface area contributed by atoms with E-state index < -0.39 is 0 Å². The molecule has 1 atom stereocenters. The van der Waals surface area contributed by atoms with E-state index in [0.717, 1.165) is 5.16 Å². The summed E-state index contributed by atoms with van der Waals surface area (Å²) in [4.78, 5) is 4.11. The normalized spacial score (nSPS) is 14.5. The molecule has 1 heterocycles. The van der Waals surface area contributed by atoms with Crippen molar-refractivity contribution < 1.29 is 5.21 Å². The summed E-state index contributed by atoms with van der Waals surface area (Å²) in [7, 11) is 1.90. The van der Waals surface area contributed by atoms with Crippen LogP contribution in [0.1, 0.15) is 6.92 Å². The Labute approximate surface area is 80.6 Å². The summed E-state index contributed by atoms with van der Waals surface area (Å²) in [5.41, 5.74) is 5.43. The molecule has 1 aromatic rings. The molecule has 0 saturated heterocycles. The van der Waals surface area contributed by atoms with Crippen LogP contribution in [-0.2, 0) is 7.05 Å². The molecule has 0 aromatic carbocycles. The highest BCUT2D eigenvalue weighted by molar-refractivity contribution is 8.00. The maximum absolute atomic E-state index is 8.43. The molecule has 3 N–H and O–H groups in total. The van der Waals surface area contributed by atoms with Crippen LogP contribution < -0.4 is 5.73 Å². The highest BCUT2D eigenvalue weighted by Crippen LogP contribution is 2.20. The Hall–Kier alpha value is -1.17. The van der Waals surface area contributed by atoms with Gasteiger partial charge in [-0.25, -0.2) is 4.98 Å². The molecule has 1 rings (SSSR count). The zero-order valence-corrected chi connectivity index (χ0v) is 8.32. The first-order chi connectivity index (χ1) is 6.15. The number of aryl methyl sites for hydroxylation is 1. The van der Waals surface area contributed by atoms with E-state index in [9.17, 15) is 0 Å². The summed E-state index contributed by atoms with van der Waals surface area (Å²) >= 11 is 1.45. The second-order valence-electron chi connectivity index (χ2n) is 2.61. The molecule has 0 amide bonds. The van der Waals surface area contributed by atoms with Gasteiger partial charge in [0.1, 0.15) is 0 Å². The Balaban J connectivity index is 2.65. The number of hydrogen-bond donors (Lipinski definition) is 2. The molecule has 5 nitrogen and oxygen atoms in total. The van der Waals surface area contributed by atoms with E-state index in [1.807, 2.05) is 24.7 Å². The second kappa shape index (κ2) is 4.18. The third-order valence-corrected chi connectivity index (χ3v) is 2.79. The zero-order chi connectivity index (χ0) is 9.84. The number of amidine groups is 1. The molecule has 0 saturated carbocycles. The van der Waals surface area contributed by atoms with Crippen LogP contribution in [0.3, 0.4) is 0 Å². The van der Waals surface area contributed by atoms with Crippen molar-refractivity contribution in [1.82, 2.24) is 9.55 Å². The lowest BCUT2D eigenvalue weighted by molar-refractivity contribution is 0.317. The van der Waals surface area contributed by atoms with Crippen molar-refractivity contribution in [3.63, 3.8) is 0 Å². The number of imidazole rings is 1. The van der Waals surface area contributed by atoms with Gasteiger partial charge in [0.25, 0.3) is 0 Å². The SMILES string of the molecule is CC(Sc1nccn1C)/C(N)=N/O.